The van der Waals surface area contributed by atoms with Crippen molar-refractivity contribution in [1.29, 1.82) is 0 Å². The van der Waals surface area contributed by atoms with Crippen LogP contribution in [-0.2, 0) is 5.88 Å². The average molecular weight is 240 g/mol. The second kappa shape index (κ2) is 6.80. The molecule has 0 aliphatic rings. The summed E-state index contributed by atoms with van der Waals surface area (Å²) in [6.07, 6.45) is 2.50. The highest BCUT2D eigenvalue weighted by molar-refractivity contribution is 6.17. The molecular formula is C14H22ClN. The second-order valence-electron chi connectivity index (χ2n) is 4.18. The van der Waals surface area contributed by atoms with Gasteiger partial charge in [-0.15, -0.1) is 11.6 Å². The topological polar surface area (TPSA) is 3.24 Å². The fourth-order valence-corrected chi connectivity index (χ4v) is 2.15. The monoisotopic (exact) mass is 239 g/mol. The molecule has 0 aliphatic carbocycles. The van der Waals surface area contributed by atoms with Gasteiger partial charge in [-0.2, -0.15) is 0 Å². The van der Waals surface area contributed by atoms with Crippen molar-refractivity contribution in [3.63, 3.8) is 0 Å². The molecule has 0 heterocycles. The summed E-state index contributed by atoms with van der Waals surface area (Å²) in [6.45, 7) is 8.79. The molecule has 0 fully saturated rings. The lowest BCUT2D eigenvalue weighted by molar-refractivity contribution is 0.732. The maximum atomic E-state index is 5.87. The van der Waals surface area contributed by atoms with E-state index in [9.17, 15) is 0 Å². The average Bonchev–Trinajstić information content (AvgIpc) is 2.30. The summed E-state index contributed by atoms with van der Waals surface area (Å²) in [6, 6.07) is 6.58. The Morgan fingerprint density at radius 2 is 2.00 bits per heavy atom. The molecule has 2 heteroatoms. The van der Waals surface area contributed by atoms with Gasteiger partial charge in [0.15, 0.2) is 0 Å². The fourth-order valence-electron chi connectivity index (χ4n) is 1.85. The lowest BCUT2D eigenvalue weighted by atomic mass is 10.1. The van der Waals surface area contributed by atoms with Crippen LogP contribution in [0, 0.1) is 6.92 Å². The Bertz CT molecular complexity index is 323. The maximum Gasteiger partial charge on any atom is 0.0476 e. The van der Waals surface area contributed by atoms with E-state index >= 15 is 0 Å². The molecule has 0 radical (unpaired) electrons. The smallest absolute Gasteiger partial charge is 0.0476 e. The van der Waals surface area contributed by atoms with E-state index in [1.807, 2.05) is 0 Å². The van der Waals surface area contributed by atoms with Crippen molar-refractivity contribution in [2.75, 3.05) is 18.0 Å². The number of anilines is 1. The minimum Gasteiger partial charge on any atom is -0.372 e. The van der Waals surface area contributed by atoms with Crippen molar-refractivity contribution < 1.29 is 0 Å². The Morgan fingerprint density at radius 3 is 2.50 bits per heavy atom. The summed E-state index contributed by atoms with van der Waals surface area (Å²) in [4.78, 5) is 2.43. The molecule has 0 atom stereocenters. The van der Waals surface area contributed by atoms with Crippen LogP contribution in [0.15, 0.2) is 18.2 Å². The predicted octanol–water partition coefficient (Wildman–Crippen LogP) is 4.36. The van der Waals surface area contributed by atoms with Gasteiger partial charge < -0.3 is 4.90 Å². The van der Waals surface area contributed by atoms with E-state index in [1.54, 1.807) is 0 Å². The van der Waals surface area contributed by atoms with Crippen molar-refractivity contribution in [2.45, 2.75) is 39.5 Å². The Balaban J connectivity index is 2.80. The molecule has 0 bridgehead atoms. The van der Waals surface area contributed by atoms with Crippen LogP contribution in [0.1, 0.15) is 37.8 Å². The van der Waals surface area contributed by atoms with E-state index in [0.29, 0.717) is 5.88 Å². The summed E-state index contributed by atoms with van der Waals surface area (Å²) < 4.78 is 0. The van der Waals surface area contributed by atoms with Crippen LogP contribution in [-0.4, -0.2) is 13.1 Å². The maximum absolute atomic E-state index is 5.87. The summed E-state index contributed by atoms with van der Waals surface area (Å²) >= 11 is 5.87. The third-order valence-corrected chi connectivity index (χ3v) is 3.29. The van der Waals surface area contributed by atoms with E-state index < -0.39 is 0 Å². The van der Waals surface area contributed by atoms with Crippen LogP contribution >= 0.6 is 11.6 Å². The Hall–Kier alpha value is -0.690. The van der Waals surface area contributed by atoms with Gasteiger partial charge in [0.25, 0.3) is 0 Å². The highest BCUT2D eigenvalue weighted by Crippen LogP contribution is 2.20. The molecule has 1 nitrogen and oxygen atoms in total. The molecule has 0 saturated carbocycles. The number of hydrogen-bond acceptors (Lipinski definition) is 1. The Kier molecular flexibility index (Phi) is 5.68. The number of unbranched alkanes of at least 4 members (excludes halogenated alkanes) is 1. The van der Waals surface area contributed by atoms with Crippen LogP contribution in [0.4, 0.5) is 5.69 Å². The molecule has 0 spiro atoms. The third kappa shape index (κ3) is 3.41. The van der Waals surface area contributed by atoms with Gasteiger partial charge in [-0.1, -0.05) is 19.4 Å². The van der Waals surface area contributed by atoms with Crippen LogP contribution in [0.2, 0.25) is 0 Å². The van der Waals surface area contributed by atoms with E-state index in [0.717, 1.165) is 13.1 Å². The standard InChI is InChI=1S/C14H22ClN/c1-4-6-9-16(5-2)14-8-7-13(11-15)12(3)10-14/h7-8,10H,4-6,9,11H2,1-3H3. The first-order chi connectivity index (χ1) is 7.72. The van der Waals surface area contributed by atoms with E-state index in [1.165, 1.54) is 29.7 Å². The second-order valence-corrected chi connectivity index (χ2v) is 4.44. The number of halogens is 1. The highest BCUT2D eigenvalue weighted by atomic mass is 35.5. The summed E-state index contributed by atoms with van der Waals surface area (Å²) in [5.41, 5.74) is 3.85. The zero-order chi connectivity index (χ0) is 12.0. The Labute approximate surface area is 104 Å². The van der Waals surface area contributed by atoms with Gasteiger partial charge in [0.1, 0.15) is 0 Å². The molecule has 0 N–H and O–H groups in total. The molecule has 0 amide bonds. The SMILES string of the molecule is CCCCN(CC)c1ccc(CCl)c(C)c1. The van der Waals surface area contributed by atoms with E-state index in [4.69, 9.17) is 11.6 Å². The van der Waals surface area contributed by atoms with Crippen LogP contribution in [0.25, 0.3) is 0 Å². The van der Waals surface area contributed by atoms with Gasteiger partial charge in [0, 0.05) is 24.7 Å². The Morgan fingerprint density at radius 1 is 1.25 bits per heavy atom. The van der Waals surface area contributed by atoms with Gasteiger partial charge in [-0.25, -0.2) is 0 Å². The molecule has 0 aromatic heterocycles. The minimum atomic E-state index is 0.604. The van der Waals surface area contributed by atoms with E-state index in [-0.39, 0.29) is 0 Å². The molecule has 0 aliphatic heterocycles. The molecular weight excluding hydrogens is 218 g/mol. The van der Waals surface area contributed by atoms with Crippen molar-refractivity contribution in [3.05, 3.63) is 29.3 Å². The van der Waals surface area contributed by atoms with Crippen molar-refractivity contribution >= 4 is 17.3 Å². The van der Waals surface area contributed by atoms with Crippen molar-refractivity contribution in [2.24, 2.45) is 0 Å². The number of hydrogen-bond donors (Lipinski definition) is 0. The third-order valence-electron chi connectivity index (χ3n) is 3.00. The van der Waals surface area contributed by atoms with Gasteiger partial charge in [-0.3, -0.25) is 0 Å². The minimum absolute atomic E-state index is 0.604. The number of rotatable bonds is 6. The van der Waals surface area contributed by atoms with Gasteiger partial charge in [0.05, 0.1) is 0 Å². The molecule has 90 valence electrons. The first kappa shape index (κ1) is 13.4. The number of aryl methyl sites for hydroxylation is 1. The molecule has 1 rings (SSSR count). The van der Waals surface area contributed by atoms with Gasteiger partial charge in [0.2, 0.25) is 0 Å². The molecule has 1 aromatic rings. The first-order valence-electron chi connectivity index (χ1n) is 6.13. The van der Waals surface area contributed by atoms with Crippen LogP contribution < -0.4 is 4.90 Å². The summed E-state index contributed by atoms with van der Waals surface area (Å²) in [7, 11) is 0. The van der Waals surface area contributed by atoms with Crippen molar-refractivity contribution in [3.8, 4) is 0 Å². The number of nitrogens with zero attached hydrogens (tertiary/aromatic N) is 1. The lowest BCUT2D eigenvalue weighted by Gasteiger charge is -2.23. The first-order valence-corrected chi connectivity index (χ1v) is 6.66. The quantitative estimate of drug-likeness (QED) is 0.667. The predicted molar refractivity (Wildman–Crippen MR) is 73.5 cm³/mol. The van der Waals surface area contributed by atoms with Gasteiger partial charge >= 0.3 is 0 Å². The zero-order valence-electron chi connectivity index (χ0n) is 10.6. The largest absolute Gasteiger partial charge is 0.372 e. The lowest BCUT2D eigenvalue weighted by Crippen LogP contribution is -2.23. The fraction of sp³-hybridized carbons (Fsp3) is 0.571. The molecule has 0 saturated heterocycles. The highest BCUT2D eigenvalue weighted by Gasteiger charge is 2.05. The summed E-state index contributed by atoms with van der Waals surface area (Å²) in [5, 5.41) is 0. The summed E-state index contributed by atoms with van der Waals surface area (Å²) in [5.74, 6) is 0.604. The molecule has 1 aromatic carbocycles. The number of alkyl halides is 1. The molecule has 0 unspecified atom stereocenters. The zero-order valence-corrected chi connectivity index (χ0v) is 11.3. The van der Waals surface area contributed by atoms with Crippen LogP contribution in [0.3, 0.4) is 0 Å². The normalized spacial score (nSPS) is 10.5. The van der Waals surface area contributed by atoms with Crippen LogP contribution in [0.5, 0.6) is 0 Å². The molecule has 16 heavy (non-hydrogen) atoms. The van der Waals surface area contributed by atoms with E-state index in [2.05, 4.69) is 43.9 Å². The van der Waals surface area contributed by atoms with Gasteiger partial charge in [-0.05, 0) is 43.5 Å². The van der Waals surface area contributed by atoms with Crippen molar-refractivity contribution in [1.82, 2.24) is 0 Å². The number of benzene rings is 1.